The number of para-hydroxylation sites is 1. The van der Waals surface area contributed by atoms with E-state index in [-0.39, 0.29) is 5.78 Å². The molecule has 0 spiro atoms. The minimum absolute atomic E-state index is 0.245. The standard InChI is InChI=1S/C34H36N2O2/c37-32(18-17-28-9-7-19-35-24-28)23-27-13-15-29(16-14-27)26-38-34-12-3-2-11-33(34)31-10-6-8-30(22-31)25-36-20-4-1-5-21-36/h2-3,6-16,19,22,24H,1,4-5,17-18,20-21,23,25-26H2. The molecule has 3 aromatic carbocycles. The van der Waals surface area contributed by atoms with E-state index in [2.05, 4.69) is 58.4 Å². The van der Waals surface area contributed by atoms with E-state index in [1.54, 1.807) is 6.20 Å². The summed E-state index contributed by atoms with van der Waals surface area (Å²) in [5.41, 5.74) is 6.88. The zero-order chi connectivity index (χ0) is 26.0. The molecule has 1 aliphatic heterocycles. The fraction of sp³-hybridized carbons (Fsp3) is 0.294. The number of nitrogens with zero attached hydrogens (tertiary/aromatic N) is 2. The molecule has 0 bridgehead atoms. The van der Waals surface area contributed by atoms with Gasteiger partial charge in [0.15, 0.2) is 0 Å². The number of ketones is 1. The topological polar surface area (TPSA) is 42.4 Å². The number of benzene rings is 3. The van der Waals surface area contributed by atoms with Gasteiger partial charge in [0, 0.05) is 37.3 Å². The van der Waals surface area contributed by atoms with Crippen LogP contribution in [-0.2, 0) is 30.8 Å². The van der Waals surface area contributed by atoms with Gasteiger partial charge in [-0.25, -0.2) is 0 Å². The summed E-state index contributed by atoms with van der Waals surface area (Å²) in [6.45, 7) is 3.89. The Hall–Kier alpha value is -3.76. The third kappa shape index (κ3) is 7.39. The normalized spacial score (nSPS) is 13.8. The van der Waals surface area contributed by atoms with Crippen molar-refractivity contribution in [3.8, 4) is 16.9 Å². The molecule has 1 aromatic heterocycles. The van der Waals surface area contributed by atoms with Crippen molar-refractivity contribution in [1.29, 1.82) is 0 Å². The average Bonchev–Trinajstić information content (AvgIpc) is 2.97. The van der Waals surface area contributed by atoms with E-state index in [1.807, 2.05) is 42.6 Å². The van der Waals surface area contributed by atoms with E-state index >= 15 is 0 Å². The van der Waals surface area contributed by atoms with Gasteiger partial charge < -0.3 is 4.74 Å². The minimum atomic E-state index is 0.245. The Morgan fingerprint density at radius 3 is 2.39 bits per heavy atom. The number of carbonyl (C=O) groups is 1. The Labute approximate surface area is 226 Å². The zero-order valence-electron chi connectivity index (χ0n) is 22.0. The Morgan fingerprint density at radius 1 is 0.789 bits per heavy atom. The van der Waals surface area contributed by atoms with Crippen LogP contribution in [0.1, 0.15) is 47.9 Å². The summed E-state index contributed by atoms with van der Waals surface area (Å²) in [7, 11) is 0. The van der Waals surface area contributed by atoms with Gasteiger partial charge in [-0.3, -0.25) is 14.7 Å². The lowest BCUT2D eigenvalue weighted by Gasteiger charge is -2.26. The van der Waals surface area contributed by atoms with Crippen molar-refractivity contribution >= 4 is 5.78 Å². The van der Waals surface area contributed by atoms with Crippen LogP contribution in [0.25, 0.3) is 11.1 Å². The quantitative estimate of drug-likeness (QED) is 0.219. The van der Waals surface area contributed by atoms with Crippen LogP contribution in [0, 0.1) is 0 Å². The first-order chi connectivity index (χ1) is 18.7. The number of Topliss-reactive ketones (excluding diaryl/α,β-unsaturated/α-hetero) is 1. The molecule has 38 heavy (non-hydrogen) atoms. The van der Waals surface area contributed by atoms with Gasteiger partial charge in [0.05, 0.1) is 0 Å². The molecular formula is C34H36N2O2. The van der Waals surface area contributed by atoms with Gasteiger partial charge in [-0.2, -0.15) is 0 Å². The van der Waals surface area contributed by atoms with E-state index in [9.17, 15) is 4.79 Å². The fourth-order valence-corrected chi connectivity index (χ4v) is 5.10. The summed E-state index contributed by atoms with van der Waals surface area (Å²) >= 11 is 0. The molecule has 0 aliphatic carbocycles. The van der Waals surface area contributed by atoms with Crippen LogP contribution < -0.4 is 4.74 Å². The Morgan fingerprint density at radius 2 is 1.58 bits per heavy atom. The summed E-state index contributed by atoms with van der Waals surface area (Å²) in [6.07, 6.45) is 9.27. The van der Waals surface area contributed by atoms with Crippen molar-refractivity contribution in [1.82, 2.24) is 9.88 Å². The number of hydrogen-bond acceptors (Lipinski definition) is 4. The minimum Gasteiger partial charge on any atom is -0.488 e. The molecule has 0 unspecified atom stereocenters. The zero-order valence-corrected chi connectivity index (χ0v) is 22.0. The van der Waals surface area contributed by atoms with Gasteiger partial charge >= 0.3 is 0 Å². The van der Waals surface area contributed by atoms with Crippen LogP contribution >= 0.6 is 0 Å². The molecule has 0 N–H and O–H groups in total. The van der Waals surface area contributed by atoms with Gasteiger partial charge in [0.25, 0.3) is 0 Å². The molecule has 1 aliphatic rings. The molecule has 0 amide bonds. The predicted octanol–water partition coefficient (Wildman–Crippen LogP) is 7.06. The Bertz CT molecular complexity index is 1310. The van der Waals surface area contributed by atoms with E-state index in [1.165, 1.54) is 43.5 Å². The number of hydrogen-bond donors (Lipinski definition) is 0. The van der Waals surface area contributed by atoms with Crippen molar-refractivity contribution in [2.75, 3.05) is 13.1 Å². The lowest BCUT2D eigenvalue weighted by molar-refractivity contribution is -0.118. The summed E-state index contributed by atoms with van der Waals surface area (Å²) in [5.74, 6) is 1.13. The van der Waals surface area contributed by atoms with Gasteiger partial charge in [0.2, 0.25) is 0 Å². The number of pyridine rings is 1. The monoisotopic (exact) mass is 504 g/mol. The maximum absolute atomic E-state index is 12.4. The van der Waals surface area contributed by atoms with E-state index in [4.69, 9.17) is 4.74 Å². The Kier molecular flexibility index (Phi) is 8.96. The average molecular weight is 505 g/mol. The molecule has 1 fully saturated rings. The molecule has 2 heterocycles. The summed E-state index contributed by atoms with van der Waals surface area (Å²) in [5, 5.41) is 0. The number of aryl methyl sites for hydroxylation is 1. The maximum Gasteiger partial charge on any atom is 0.137 e. The van der Waals surface area contributed by atoms with Crippen molar-refractivity contribution < 1.29 is 9.53 Å². The summed E-state index contributed by atoms with van der Waals surface area (Å²) in [4.78, 5) is 19.1. The van der Waals surface area contributed by atoms with E-state index in [0.717, 1.165) is 41.0 Å². The molecule has 0 saturated carbocycles. The van der Waals surface area contributed by atoms with E-state index < -0.39 is 0 Å². The fourth-order valence-electron chi connectivity index (χ4n) is 5.10. The Balaban J connectivity index is 1.17. The van der Waals surface area contributed by atoms with Crippen molar-refractivity contribution in [3.63, 3.8) is 0 Å². The second kappa shape index (κ2) is 13.2. The van der Waals surface area contributed by atoms with Gasteiger partial charge in [0.1, 0.15) is 18.1 Å². The highest BCUT2D eigenvalue weighted by atomic mass is 16.5. The molecule has 0 atom stereocenters. The first-order valence-corrected chi connectivity index (χ1v) is 13.7. The van der Waals surface area contributed by atoms with E-state index in [0.29, 0.717) is 19.4 Å². The van der Waals surface area contributed by atoms with Crippen LogP contribution in [0.3, 0.4) is 0 Å². The van der Waals surface area contributed by atoms with Crippen molar-refractivity contribution in [2.24, 2.45) is 0 Å². The SMILES string of the molecule is O=C(CCc1cccnc1)Cc1ccc(COc2ccccc2-c2cccc(CN3CCCCC3)c2)cc1. The number of piperidine rings is 1. The van der Waals surface area contributed by atoms with Gasteiger partial charge in [-0.05, 0) is 78.4 Å². The highest BCUT2D eigenvalue weighted by molar-refractivity contribution is 5.81. The summed E-state index contributed by atoms with van der Waals surface area (Å²) < 4.78 is 6.29. The van der Waals surface area contributed by atoms with Crippen LogP contribution in [0.5, 0.6) is 5.75 Å². The summed E-state index contributed by atoms with van der Waals surface area (Å²) in [6, 6.07) is 29.2. The first-order valence-electron chi connectivity index (χ1n) is 13.7. The third-order valence-corrected chi connectivity index (χ3v) is 7.21. The molecule has 4 nitrogen and oxygen atoms in total. The van der Waals surface area contributed by atoms with Gasteiger partial charge in [-0.15, -0.1) is 0 Å². The predicted molar refractivity (Wildman–Crippen MR) is 153 cm³/mol. The number of carbonyl (C=O) groups excluding carboxylic acids is 1. The van der Waals surface area contributed by atoms with Gasteiger partial charge in [-0.1, -0.05) is 73.2 Å². The number of likely N-dealkylation sites (tertiary alicyclic amines) is 1. The molecule has 1 saturated heterocycles. The third-order valence-electron chi connectivity index (χ3n) is 7.21. The molecule has 5 rings (SSSR count). The van der Waals surface area contributed by atoms with Crippen LogP contribution in [-0.4, -0.2) is 28.8 Å². The molecule has 194 valence electrons. The largest absolute Gasteiger partial charge is 0.488 e. The second-order valence-corrected chi connectivity index (χ2v) is 10.2. The van der Waals surface area contributed by atoms with Crippen LogP contribution in [0.4, 0.5) is 0 Å². The smallest absolute Gasteiger partial charge is 0.137 e. The maximum atomic E-state index is 12.4. The lowest BCUT2D eigenvalue weighted by atomic mass is 10.0. The number of rotatable bonds is 11. The highest BCUT2D eigenvalue weighted by Crippen LogP contribution is 2.31. The number of aromatic nitrogens is 1. The van der Waals surface area contributed by atoms with Crippen LogP contribution in [0.2, 0.25) is 0 Å². The molecule has 4 aromatic rings. The highest BCUT2D eigenvalue weighted by Gasteiger charge is 2.12. The molecular weight excluding hydrogens is 468 g/mol. The van der Waals surface area contributed by atoms with Crippen molar-refractivity contribution in [3.05, 3.63) is 120 Å². The number of ether oxygens (including phenoxy) is 1. The first kappa shape index (κ1) is 25.9. The molecule has 4 heteroatoms. The second-order valence-electron chi connectivity index (χ2n) is 10.2. The lowest BCUT2D eigenvalue weighted by Crippen LogP contribution is -2.29. The molecule has 0 radical (unpaired) electrons. The van der Waals surface area contributed by atoms with Crippen LogP contribution in [0.15, 0.2) is 97.3 Å². The van der Waals surface area contributed by atoms with Crippen molar-refractivity contribution in [2.45, 2.75) is 51.7 Å².